The molecule has 3 aromatic rings. The molecule has 0 amide bonds. The molecular weight excluding hydrogens is 332 g/mol. The smallest absolute Gasteiger partial charge is 0.193 e. The number of fused-ring (bicyclic) bond motifs is 3. The van der Waals surface area contributed by atoms with Gasteiger partial charge < -0.3 is 19.4 Å². The Morgan fingerprint density at radius 3 is 2.58 bits per heavy atom. The molecule has 0 bridgehead atoms. The summed E-state index contributed by atoms with van der Waals surface area (Å²) in [6.07, 6.45) is -1.06. The first-order valence-electron chi connectivity index (χ1n) is 8.55. The van der Waals surface area contributed by atoms with Crippen molar-refractivity contribution in [3.8, 4) is 17.1 Å². The van der Waals surface area contributed by atoms with Crippen molar-refractivity contribution in [1.29, 1.82) is 0 Å². The van der Waals surface area contributed by atoms with Gasteiger partial charge in [0.15, 0.2) is 5.43 Å². The van der Waals surface area contributed by atoms with E-state index in [4.69, 9.17) is 9.15 Å². The Balaban J connectivity index is 1.95. The highest BCUT2D eigenvalue weighted by Crippen LogP contribution is 2.43. The van der Waals surface area contributed by atoms with Crippen LogP contribution in [0, 0.1) is 0 Å². The van der Waals surface area contributed by atoms with Crippen LogP contribution in [0.3, 0.4) is 0 Å². The van der Waals surface area contributed by atoms with Gasteiger partial charge in [-0.05, 0) is 26.0 Å². The Morgan fingerprint density at radius 2 is 1.88 bits per heavy atom. The number of hydrogen-bond donors (Lipinski definition) is 2. The lowest BCUT2D eigenvalue weighted by Crippen LogP contribution is -2.41. The molecule has 2 N–H and O–H groups in total. The second kappa shape index (κ2) is 5.97. The zero-order chi connectivity index (χ0) is 18.5. The number of hydrogen-bond acceptors (Lipinski definition) is 5. The van der Waals surface area contributed by atoms with Crippen LogP contribution in [0.1, 0.15) is 25.3 Å². The van der Waals surface area contributed by atoms with Crippen LogP contribution in [0.15, 0.2) is 57.7 Å². The van der Waals surface area contributed by atoms with E-state index in [-0.39, 0.29) is 12.0 Å². The lowest BCUT2D eigenvalue weighted by atomic mass is 9.85. The van der Waals surface area contributed by atoms with Crippen molar-refractivity contribution in [2.75, 3.05) is 6.61 Å². The summed E-state index contributed by atoms with van der Waals surface area (Å²) >= 11 is 0. The molecule has 4 rings (SSSR count). The first-order valence-corrected chi connectivity index (χ1v) is 8.55. The summed E-state index contributed by atoms with van der Waals surface area (Å²) in [5.74, 6) is 0.543. The minimum Gasteiger partial charge on any atom is -0.492 e. The summed E-state index contributed by atoms with van der Waals surface area (Å²) in [6, 6.07) is 14.2. The number of ether oxygens (including phenoxy) is 1. The van der Waals surface area contributed by atoms with Crippen LogP contribution in [0.2, 0.25) is 0 Å². The minimum absolute atomic E-state index is 0.156. The average Bonchev–Trinajstić information content (AvgIpc) is 3.05. The van der Waals surface area contributed by atoms with Crippen molar-refractivity contribution in [3.05, 3.63) is 64.3 Å². The number of rotatable bonds is 3. The Hall–Kier alpha value is -2.63. The summed E-state index contributed by atoms with van der Waals surface area (Å²) in [6.45, 7) is 3.32. The molecule has 26 heavy (non-hydrogen) atoms. The van der Waals surface area contributed by atoms with Gasteiger partial charge in [-0.15, -0.1) is 0 Å². The molecule has 2 atom stereocenters. The van der Waals surface area contributed by atoms with Crippen LogP contribution in [-0.4, -0.2) is 28.5 Å². The molecule has 5 heteroatoms. The third-order valence-electron chi connectivity index (χ3n) is 4.85. The van der Waals surface area contributed by atoms with E-state index in [2.05, 4.69) is 0 Å². The van der Waals surface area contributed by atoms with Gasteiger partial charge in [0.05, 0.1) is 29.6 Å². The maximum Gasteiger partial charge on any atom is 0.193 e. The number of aliphatic hydroxyl groups excluding tert-OH is 1. The highest BCUT2D eigenvalue weighted by atomic mass is 16.5. The summed E-state index contributed by atoms with van der Waals surface area (Å²) in [5.41, 5.74) is 0.361. The number of benzene rings is 2. The third kappa shape index (κ3) is 2.69. The van der Waals surface area contributed by atoms with E-state index in [9.17, 15) is 15.0 Å². The van der Waals surface area contributed by atoms with Crippen LogP contribution < -0.4 is 10.2 Å². The van der Waals surface area contributed by atoms with Crippen molar-refractivity contribution in [3.63, 3.8) is 0 Å². The first-order chi connectivity index (χ1) is 12.4. The summed E-state index contributed by atoms with van der Waals surface area (Å²) in [7, 11) is 0. The molecule has 5 nitrogen and oxygen atoms in total. The van der Waals surface area contributed by atoms with Crippen molar-refractivity contribution in [2.45, 2.75) is 31.5 Å². The van der Waals surface area contributed by atoms with Gasteiger partial charge in [-0.2, -0.15) is 0 Å². The molecule has 0 aliphatic carbocycles. The second-order valence-electron chi connectivity index (χ2n) is 7.21. The molecule has 0 saturated carbocycles. The molecular formula is C21H20O5. The molecule has 2 heterocycles. The standard InChI is InChI=1S/C21H20O5/c1-21(2,24)20(23)14-11-25-16-9-8-13-15(22)10-17(26-19(13)18(14)16)12-6-4-3-5-7-12/h3-10,14,20,23-24H,11H2,1-2H3/t14-,20-/m0/s1. The lowest BCUT2D eigenvalue weighted by Gasteiger charge is -2.28. The summed E-state index contributed by atoms with van der Waals surface area (Å²) in [4.78, 5) is 12.6. The molecule has 0 fully saturated rings. The maximum absolute atomic E-state index is 12.6. The van der Waals surface area contributed by atoms with Crippen LogP contribution in [0.4, 0.5) is 0 Å². The van der Waals surface area contributed by atoms with Crippen LogP contribution in [0.5, 0.6) is 5.75 Å². The topological polar surface area (TPSA) is 79.9 Å². The van der Waals surface area contributed by atoms with Gasteiger partial charge in [-0.1, -0.05) is 30.3 Å². The van der Waals surface area contributed by atoms with E-state index < -0.39 is 17.6 Å². The van der Waals surface area contributed by atoms with E-state index in [1.54, 1.807) is 26.0 Å². The third-order valence-corrected chi connectivity index (χ3v) is 4.85. The predicted octanol–water partition coefficient (Wildman–Crippen LogP) is 3.07. The molecule has 0 unspecified atom stereocenters. The normalized spacial score (nSPS) is 17.8. The fraction of sp³-hybridized carbons (Fsp3) is 0.286. The fourth-order valence-electron chi connectivity index (χ4n) is 3.45. The Kier molecular flexibility index (Phi) is 3.86. The second-order valence-corrected chi connectivity index (χ2v) is 7.21. The van der Waals surface area contributed by atoms with Gasteiger partial charge >= 0.3 is 0 Å². The fourth-order valence-corrected chi connectivity index (χ4v) is 3.45. The van der Waals surface area contributed by atoms with Gasteiger partial charge in [0, 0.05) is 17.2 Å². The van der Waals surface area contributed by atoms with Gasteiger partial charge in [-0.3, -0.25) is 4.79 Å². The molecule has 0 radical (unpaired) electrons. The highest BCUT2D eigenvalue weighted by molar-refractivity contribution is 5.85. The van der Waals surface area contributed by atoms with E-state index in [0.717, 1.165) is 5.56 Å². The van der Waals surface area contributed by atoms with Gasteiger partial charge in [0.25, 0.3) is 0 Å². The minimum atomic E-state index is -1.31. The molecule has 1 aliphatic rings. The molecule has 134 valence electrons. The van der Waals surface area contributed by atoms with Gasteiger partial charge in [0.1, 0.15) is 17.1 Å². The Morgan fingerprint density at radius 1 is 1.15 bits per heavy atom. The van der Waals surface area contributed by atoms with Crippen molar-refractivity contribution < 1.29 is 19.4 Å². The Bertz CT molecular complexity index is 1010. The molecule has 0 spiro atoms. The first kappa shape index (κ1) is 16.8. The average molecular weight is 352 g/mol. The van der Waals surface area contributed by atoms with Crippen molar-refractivity contribution >= 4 is 11.0 Å². The maximum atomic E-state index is 12.6. The zero-order valence-corrected chi connectivity index (χ0v) is 14.6. The van der Waals surface area contributed by atoms with Crippen molar-refractivity contribution in [2.24, 2.45) is 0 Å². The SMILES string of the molecule is CC(C)(O)[C@@H](O)[C@H]1COc2ccc3c(=O)cc(-c4ccccc4)oc3c21. The molecule has 1 aromatic heterocycles. The molecule has 2 aromatic carbocycles. The zero-order valence-electron chi connectivity index (χ0n) is 14.6. The predicted molar refractivity (Wildman–Crippen MR) is 98.5 cm³/mol. The Labute approximate surface area is 150 Å². The quantitative estimate of drug-likeness (QED) is 0.757. The highest BCUT2D eigenvalue weighted by Gasteiger charge is 2.40. The van der Waals surface area contributed by atoms with Crippen LogP contribution in [-0.2, 0) is 0 Å². The number of aliphatic hydroxyl groups is 2. The monoisotopic (exact) mass is 352 g/mol. The largest absolute Gasteiger partial charge is 0.492 e. The van der Waals surface area contributed by atoms with E-state index in [0.29, 0.717) is 28.0 Å². The van der Waals surface area contributed by atoms with E-state index in [1.165, 1.54) is 6.07 Å². The lowest BCUT2D eigenvalue weighted by molar-refractivity contribution is -0.0628. The van der Waals surface area contributed by atoms with Crippen LogP contribution in [0.25, 0.3) is 22.3 Å². The van der Waals surface area contributed by atoms with E-state index >= 15 is 0 Å². The van der Waals surface area contributed by atoms with Gasteiger partial charge in [-0.25, -0.2) is 0 Å². The molecule has 0 saturated heterocycles. The molecule has 1 aliphatic heterocycles. The van der Waals surface area contributed by atoms with Crippen molar-refractivity contribution in [1.82, 2.24) is 0 Å². The van der Waals surface area contributed by atoms with E-state index in [1.807, 2.05) is 30.3 Å². The summed E-state index contributed by atoms with van der Waals surface area (Å²) < 4.78 is 11.8. The van der Waals surface area contributed by atoms with Crippen LogP contribution >= 0.6 is 0 Å². The summed E-state index contributed by atoms with van der Waals surface area (Å²) in [5, 5.41) is 21.3. The van der Waals surface area contributed by atoms with Gasteiger partial charge in [0.2, 0.25) is 0 Å².